The van der Waals surface area contributed by atoms with Crippen LogP contribution in [0, 0.1) is 0 Å². The Morgan fingerprint density at radius 3 is 2.67 bits per heavy atom. The first-order valence-electron chi connectivity index (χ1n) is 7.98. The first-order chi connectivity index (χ1) is 11.6. The minimum atomic E-state index is -0.183. The lowest BCUT2D eigenvalue weighted by atomic mass is 10.1. The van der Waals surface area contributed by atoms with Gasteiger partial charge in [0.05, 0.1) is 18.9 Å². The molecule has 24 heavy (non-hydrogen) atoms. The molecule has 0 bridgehead atoms. The van der Waals surface area contributed by atoms with Crippen LogP contribution in [-0.2, 0) is 16.0 Å². The van der Waals surface area contributed by atoms with Gasteiger partial charge in [-0.1, -0.05) is 23.9 Å². The Kier molecular flexibility index (Phi) is 5.08. The Balaban J connectivity index is 1.51. The largest absolute Gasteiger partial charge is 0.497 e. The number of methoxy groups -OCH3 is 1. The molecular weight excluding hydrogens is 328 g/mol. The highest BCUT2D eigenvalue weighted by Gasteiger charge is 2.39. The van der Waals surface area contributed by atoms with E-state index in [-0.39, 0.29) is 28.8 Å². The number of benzene rings is 1. The molecule has 1 unspecified atom stereocenters. The number of carbonyl (C=O) groups is 3. The Morgan fingerprint density at radius 1 is 1.29 bits per heavy atom. The maximum absolute atomic E-state index is 12.4. The van der Waals surface area contributed by atoms with E-state index in [1.165, 1.54) is 4.90 Å². The van der Waals surface area contributed by atoms with Crippen LogP contribution in [0.4, 0.5) is 4.79 Å². The van der Waals surface area contributed by atoms with Crippen molar-refractivity contribution in [1.82, 2.24) is 9.80 Å². The summed E-state index contributed by atoms with van der Waals surface area (Å²) >= 11 is 1.04. The molecule has 128 valence electrons. The van der Waals surface area contributed by atoms with E-state index in [2.05, 4.69) is 0 Å². The van der Waals surface area contributed by atoms with E-state index >= 15 is 0 Å². The molecule has 0 spiro atoms. The molecule has 1 aromatic rings. The third-order valence-corrected chi connectivity index (χ3v) is 5.29. The predicted molar refractivity (Wildman–Crippen MR) is 91.0 cm³/mol. The normalized spacial score (nSPS) is 20.8. The highest BCUT2D eigenvalue weighted by atomic mass is 32.2. The molecule has 7 heteroatoms. The number of thioether (sulfide) groups is 1. The molecule has 2 aliphatic rings. The fourth-order valence-corrected chi connectivity index (χ4v) is 3.87. The molecule has 0 radical (unpaired) electrons. The van der Waals surface area contributed by atoms with E-state index in [0.717, 1.165) is 23.1 Å². The first-order valence-corrected chi connectivity index (χ1v) is 8.96. The smallest absolute Gasteiger partial charge is 0.289 e. The standard InChI is InChI=1S/C17H20N2O4S/c1-23-14-5-2-12(3-6-14)4-7-15(20)18-9-8-13(10-18)19-16(21)11-24-17(19)22/h2-3,5-6,13H,4,7-11H2,1H3. The molecular formula is C17H20N2O4S. The van der Waals surface area contributed by atoms with Gasteiger partial charge in [-0.25, -0.2) is 0 Å². The predicted octanol–water partition coefficient (Wildman–Crippen LogP) is 1.92. The second-order valence-corrected chi connectivity index (χ2v) is 6.88. The molecule has 1 aromatic carbocycles. The molecule has 0 aromatic heterocycles. The molecule has 1 atom stereocenters. The van der Waals surface area contributed by atoms with Crippen LogP contribution in [0.25, 0.3) is 0 Å². The van der Waals surface area contributed by atoms with Crippen LogP contribution in [0.1, 0.15) is 18.4 Å². The number of imide groups is 1. The number of hydrogen-bond acceptors (Lipinski definition) is 5. The number of rotatable bonds is 5. The molecule has 2 saturated heterocycles. The summed E-state index contributed by atoms with van der Waals surface area (Å²) in [6.07, 6.45) is 1.77. The minimum Gasteiger partial charge on any atom is -0.497 e. The summed E-state index contributed by atoms with van der Waals surface area (Å²) in [4.78, 5) is 39.0. The summed E-state index contributed by atoms with van der Waals surface area (Å²) in [6.45, 7) is 1.06. The summed E-state index contributed by atoms with van der Waals surface area (Å²) < 4.78 is 5.12. The zero-order valence-electron chi connectivity index (χ0n) is 13.6. The molecule has 3 rings (SSSR count). The van der Waals surface area contributed by atoms with Crippen molar-refractivity contribution in [2.45, 2.75) is 25.3 Å². The summed E-state index contributed by atoms with van der Waals surface area (Å²) in [7, 11) is 1.62. The van der Waals surface area contributed by atoms with Crippen molar-refractivity contribution in [3.8, 4) is 5.75 Å². The van der Waals surface area contributed by atoms with Crippen molar-refractivity contribution in [3.63, 3.8) is 0 Å². The molecule has 6 nitrogen and oxygen atoms in total. The maximum atomic E-state index is 12.4. The lowest BCUT2D eigenvalue weighted by Gasteiger charge is -2.22. The highest BCUT2D eigenvalue weighted by molar-refractivity contribution is 8.14. The number of amides is 3. The van der Waals surface area contributed by atoms with E-state index in [1.54, 1.807) is 12.0 Å². The van der Waals surface area contributed by atoms with Gasteiger partial charge < -0.3 is 9.64 Å². The van der Waals surface area contributed by atoms with Gasteiger partial charge in [-0.2, -0.15) is 0 Å². The van der Waals surface area contributed by atoms with Crippen LogP contribution >= 0.6 is 11.8 Å². The second-order valence-electron chi connectivity index (χ2n) is 5.95. The lowest BCUT2D eigenvalue weighted by molar-refractivity contribution is -0.131. The number of likely N-dealkylation sites (tertiary alicyclic amines) is 1. The number of hydrogen-bond donors (Lipinski definition) is 0. The van der Waals surface area contributed by atoms with Crippen LogP contribution in [0.15, 0.2) is 24.3 Å². The molecule has 2 aliphatic heterocycles. The third kappa shape index (κ3) is 3.56. The van der Waals surface area contributed by atoms with Gasteiger partial charge in [0.2, 0.25) is 11.8 Å². The van der Waals surface area contributed by atoms with Crippen molar-refractivity contribution < 1.29 is 19.1 Å². The SMILES string of the molecule is COc1ccc(CCC(=O)N2CCC(N3C(=O)CSC3=O)C2)cc1. The molecule has 0 N–H and O–H groups in total. The summed E-state index contributed by atoms with van der Waals surface area (Å²) in [5.41, 5.74) is 1.08. The highest BCUT2D eigenvalue weighted by Crippen LogP contribution is 2.26. The number of ether oxygens (including phenoxy) is 1. The fourth-order valence-electron chi connectivity index (χ4n) is 3.10. The van der Waals surface area contributed by atoms with E-state index in [9.17, 15) is 14.4 Å². The molecule has 0 saturated carbocycles. The summed E-state index contributed by atoms with van der Waals surface area (Å²) in [6, 6.07) is 7.52. The van der Waals surface area contributed by atoms with E-state index in [4.69, 9.17) is 4.74 Å². The molecule has 2 heterocycles. The first kappa shape index (κ1) is 16.8. The van der Waals surface area contributed by atoms with Crippen LogP contribution in [0.2, 0.25) is 0 Å². The van der Waals surface area contributed by atoms with Crippen LogP contribution in [-0.4, -0.2) is 58.8 Å². The minimum absolute atomic E-state index is 0.0695. The lowest BCUT2D eigenvalue weighted by Crippen LogP contribution is -2.41. The van der Waals surface area contributed by atoms with Gasteiger partial charge in [-0.15, -0.1) is 0 Å². The van der Waals surface area contributed by atoms with Crippen molar-refractivity contribution in [2.24, 2.45) is 0 Å². The fraction of sp³-hybridized carbons (Fsp3) is 0.471. The number of aryl methyl sites for hydroxylation is 1. The van der Waals surface area contributed by atoms with Gasteiger partial charge in [0.1, 0.15) is 5.75 Å². The van der Waals surface area contributed by atoms with Gasteiger partial charge in [-0.05, 0) is 30.5 Å². The summed E-state index contributed by atoms with van der Waals surface area (Å²) in [5.74, 6) is 0.952. The van der Waals surface area contributed by atoms with Gasteiger partial charge in [0, 0.05) is 19.5 Å². The Bertz CT molecular complexity index is 630. The Labute approximate surface area is 145 Å². The maximum Gasteiger partial charge on any atom is 0.289 e. The van der Waals surface area contributed by atoms with Gasteiger partial charge in [0.25, 0.3) is 5.24 Å². The van der Waals surface area contributed by atoms with Crippen molar-refractivity contribution in [3.05, 3.63) is 29.8 Å². The van der Waals surface area contributed by atoms with Crippen LogP contribution < -0.4 is 4.74 Å². The Morgan fingerprint density at radius 2 is 2.04 bits per heavy atom. The van der Waals surface area contributed by atoms with E-state index in [0.29, 0.717) is 32.4 Å². The summed E-state index contributed by atoms with van der Waals surface area (Å²) in [5, 5.41) is -0.183. The zero-order chi connectivity index (χ0) is 17.1. The quantitative estimate of drug-likeness (QED) is 0.813. The van der Waals surface area contributed by atoms with Crippen LogP contribution in [0.3, 0.4) is 0 Å². The second kappa shape index (κ2) is 7.25. The van der Waals surface area contributed by atoms with Gasteiger partial charge >= 0.3 is 0 Å². The van der Waals surface area contributed by atoms with Crippen molar-refractivity contribution in [2.75, 3.05) is 26.0 Å². The zero-order valence-corrected chi connectivity index (χ0v) is 14.4. The van der Waals surface area contributed by atoms with E-state index < -0.39 is 0 Å². The van der Waals surface area contributed by atoms with Crippen LogP contribution in [0.5, 0.6) is 5.75 Å². The Hall–Kier alpha value is -2.02. The molecule has 2 fully saturated rings. The average Bonchev–Trinajstić information content (AvgIpc) is 3.20. The van der Waals surface area contributed by atoms with Crippen molar-refractivity contribution in [1.29, 1.82) is 0 Å². The molecule has 0 aliphatic carbocycles. The van der Waals surface area contributed by atoms with Crippen molar-refractivity contribution >= 4 is 28.8 Å². The topological polar surface area (TPSA) is 66.9 Å². The molecule has 3 amide bonds. The number of nitrogens with zero attached hydrogens (tertiary/aromatic N) is 2. The van der Waals surface area contributed by atoms with E-state index in [1.807, 2.05) is 24.3 Å². The monoisotopic (exact) mass is 348 g/mol. The van der Waals surface area contributed by atoms with Gasteiger partial charge in [0.15, 0.2) is 0 Å². The number of carbonyl (C=O) groups excluding carboxylic acids is 3. The average molecular weight is 348 g/mol. The van der Waals surface area contributed by atoms with Gasteiger partial charge in [-0.3, -0.25) is 19.3 Å². The third-order valence-electron chi connectivity index (χ3n) is 4.45.